The Labute approximate surface area is 100 Å². The number of nitrogens with zero attached hydrogens (tertiary/aromatic N) is 1. The smallest absolute Gasteiger partial charge is 0.248 e. The molecule has 4 heteroatoms. The number of nitrogens with two attached hydrogens (primary N) is 1. The van der Waals surface area contributed by atoms with Gasteiger partial charge in [0.15, 0.2) is 0 Å². The Morgan fingerprint density at radius 3 is 2.47 bits per heavy atom. The van der Waals surface area contributed by atoms with Crippen LogP contribution in [0.3, 0.4) is 0 Å². The summed E-state index contributed by atoms with van der Waals surface area (Å²) < 4.78 is 26.5. The number of hydrogen-bond acceptors (Lipinski definition) is 2. The van der Waals surface area contributed by atoms with Gasteiger partial charge in [-0.2, -0.15) is 0 Å². The second-order valence-electron chi connectivity index (χ2n) is 5.03. The first-order valence-corrected chi connectivity index (χ1v) is 5.99. The SMILES string of the molecule is Cc1cc(C2(CN)CCC(F)(F)CC2)ccn1. The maximum atomic E-state index is 13.2. The molecule has 1 aliphatic carbocycles. The fraction of sp³-hybridized carbons (Fsp3) is 0.615. The molecule has 1 aromatic rings. The normalized spacial score (nSPS) is 22.4. The molecule has 2 N–H and O–H groups in total. The molecule has 0 amide bonds. The van der Waals surface area contributed by atoms with E-state index in [0.29, 0.717) is 19.4 Å². The molecule has 0 unspecified atom stereocenters. The number of aryl methyl sites for hydroxylation is 1. The lowest BCUT2D eigenvalue weighted by Gasteiger charge is -2.39. The van der Waals surface area contributed by atoms with Crippen LogP contribution in [-0.4, -0.2) is 17.5 Å². The molecule has 1 saturated carbocycles. The summed E-state index contributed by atoms with van der Waals surface area (Å²) in [6.45, 7) is 2.33. The van der Waals surface area contributed by atoms with Crippen LogP contribution in [0.25, 0.3) is 0 Å². The van der Waals surface area contributed by atoms with E-state index in [-0.39, 0.29) is 18.3 Å². The predicted molar refractivity (Wildman–Crippen MR) is 63.1 cm³/mol. The first-order chi connectivity index (χ1) is 7.97. The highest BCUT2D eigenvalue weighted by Crippen LogP contribution is 2.44. The summed E-state index contributed by atoms with van der Waals surface area (Å²) in [6.07, 6.45) is 2.52. The molecule has 0 atom stereocenters. The Kier molecular flexibility index (Phi) is 3.17. The fourth-order valence-electron chi connectivity index (χ4n) is 2.58. The van der Waals surface area contributed by atoms with Crippen molar-refractivity contribution in [1.29, 1.82) is 0 Å². The van der Waals surface area contributed by atoms with Crippen LogP contribution >= 0.6 is 0 Å². The first kappa shape index (κ1) is 12.4. The Bertz CT molecular complexity index is 394. The van der Waals surface area contributed by atoms with Crippen molar-refractivity contribution in [3.8, 4) is 0 Å². The summed E-state index contributed by atoms with van der Waals surface area (Å²) >= 11 is 0. The van der Waals surface area contributed by atoms with Crippen molar-refractivity contribution in [3.05, 3.63) is 29.6 Å². The monoisotopic (exact) mass is 240 g/mol. The van der Waals surface area contributed by atoms with Gasteiger partial charge in [-0.15, -0.1) is 0 Å². The third-order valence-electron chi connectivity index (χ3n) is 3.84. The Balaban J connectivity index is 2.27. The highest BCUT2D eigenvalue weighted by molar-refractivity contribution is 5.27. The van der Waals surface area contributed by atoms with Gasteiger partial charge in [-0.25, -0.2) is 8.78 Å². The van der Waals surface area contributed by atoms with Crippen LogP contribution in [0.5, 0.6) is 0 Å². The van der Waals surface area contributed by atoms with Gasteiger partial charge in [0.1, 0.15) is 0 Å². The molecule has 1 aromatic heterocycles. The van der Waals surface area contributed by atoms with Crippen molar-refractivity contribution in [3.63, 3.8) is 0 Å². The minimum atomic E-state index is -2.51. The molecule has 1 heterocycles. The highest BCUT2D eigenvalue weighted by atomic mass is 19.3. The summed E-state index contributed by atoms with van der Waals surface area (Å²) in [4.78, 5) is 4.14. The van der Waals surface area contributed by atoms with E-state index in [4.69, 9.17) is 5.73 Å². The molecule has 1 aliphatic rings. The summed E-state index contributed by atoms with van der Waals surface area (Å²) in [5.74, 6) is -2.51. The second kappa shape index (κ2) is 4.33. The van der Waals surface area contributed by atoms with Crippen LogP contribution in [-0.2, 0) is 5.41 Å². The third kappa shape index (κ3) is 2.46. The Hall–Kier alpha value is -1.03. The lowest BCUT2D eigenvalue weighted by atomic mass is 9.68. The molecule has 2 nitrogen and oxygen atoms in total. The molecule has 1 fully saturated rings. The average Bonchev–Trinajstić information content (AvgIpc) is 2.30. The van der Waals surface area contributed by atoms with Gasteiger partial charge < -0.3 is 5.73 Å². The molecule has 2 rings (SSSR count). The van der Waals surface area contributed by atoms with Gasteiger partial charge in [0.2, 0.25) is 5.92 Å². The average molecular weight is 240 g/mol. The standard InChI is InChI=1S/C13H18F2N2/c1-10-8-11(2-7-17-10)12(9-16)3-5-13(14,15)6-4-12/h2,7-8H,3-6,9,16H2,1H3. The predicted octanol–water partition coefficient (Wildman–Crippen LogP) is 2.80. The molecular formula is C13H18F2N2. The third-order valence-corrected chi connectivity index (χ3v) is 3.84. The van der Waals surface area contributed by atoms with Gasteiger partial charge in [-0.1, -0.05) is 0 Å². The van der Waals surface area contributed by atoms with Crippen molar-refractivity contribution in [1.82, 2.24) is 4.98 Å². The van der Waals surface area contributed by atoms with Gasteiger partial charge in [-0.05, 0) is 37.5 Å². The zero-order chi connectivity index (χ0) is 12.5. The molecule has 0 aliphatic heterocycles. The minimum absolute atomic E-state index is 0.0639. The molecular weight excluding hydrogens is 222 g/mol. The Morgan fingerprint density at radius 2 is 1.94 bits per heavy atom. The molecule has 17 heavy (non-hydrogen) atoms. The maximum Gasteiger partial charge on any atom is 0.248 e. The molecule has 94 valence electrons. The zero-order valence-corrected chi connectivity index (χ0v) is 10.0. The lowest BCUT2D eigenvalue weighted by Crippen LogP contribution is -2.42. The van der Waals surface area contributed by atoms with Gasteiger partial charge in [0.05, 0.1) is 0 Å². The van der Waals surface area contributed by atoms with E-state index in [1.54, 1.807) is 6.20 Å². The maximum absolute atomic E-state index is 13.2. The molecule has 0 aromatic carbocycles. The number of rotatable bonds is 2. The van der Waals surface area contributed by atoms with Crippen LogP contribution in [0, 0.1) is 6.92 Å². The number of halogens is 2. The van der Waals surface area contributed by atoms with E-state index in [1.165, 1.54) is 0 Å². The highest BCUT2D eigenvalue weighted by Gasteiger charge is 2.43. The molecule has 0 radical (unpaired) electrons. The van der Waals surface area contributed by atoms with Crippen molar-refractivity contribution in [2.75, 3.05) is 6.54 Å². The van der Waals surface area contributed by atoms with E-state index < -0.39 is 5.92 Å². The number of aromatic nitrogens is 1. The van der Waals surface area contributed by atoms with Crippen molar-refractivity contribution in [2.45, 2.75) is 43.9 Å². The minimum Gasteiger partial charge on any atom is -0.330 e. The van der Waals surface area contributed by atoms with Crippen LogP contribution in [0.15, 0.2) is 18.3 Å². The van der Waals surface area contributed by atoms with Crippen LogP contribution in [0.1, 0.15) is 36.9 Å². The van der Waals surface area contributed by atoms with Crippen molar-refractivity contribution >= 4 is 0 Å². The summed E-state index contributed by atoms with van der Waals surface area (Å²) in [7, 11) is 0. The van der Waals surface area contributed by atoms with Gasteiger partial charge >= 0.3 is 0 Å². The topological polar surface area (TPSA) is 38.9 Å². The van der Waals surface area contributed by atoms with Crippen LogP contribution in [0.2, 0.25) is 0 Å². The van der Waals surface area contributed by atoms with Crippen LogP contribution in [0.4, 0.5) is 8.78 Å². The van der Waals surface area contributed by atoms with Gasteiger partial charge in [-0.3, -0.25) is 4.98 Å². The largest absolute Gasteiger partial charge is 0.330 e. The van der Waals surface area contributed by atoms with Gasteiger partial charge in [0, 0.05) is 36.7 Å². The summed E-state index contributed by atoms with van der Waals surface area (Å²) in [5.41, 5.74) is 7.53. The van der Waals surface area contributed by atoms with Crippen LogP contribution < -0.4 is 5.73 Å². The van der Waals surface area contributed by atoms with E-state index in [2.05, 4.69) is 4.98 Å². The summed E-state index contributed by atoms with van der Waals surface area (Å²) in [6, 6.07) is 3.87. The van der Waals surface area contributed by atoms with Crippen molar-refractivity contribution in [2.24, 2.45) is 5.73 Å². The molecule has 0 spiro atoms. The van der Waals surface area contributed by atoms with Gasteiger partial charge in [0.25, 0.3) is 0 Å². The second-order valence-corrected chi connectivity index (χ2v) is 5.03. The lowest BCUT2D eigenvalue weighted by molar-refractivity contribution is -0.0509. The fourth-order valence-corrected chi connectivity index (χ4v) is 2.58. The molecule has 0 saturated heterocycles. The van der Waals surface area contributed by atoms with E-state index in [1.807, 2.05) is 19.1 Å². The first-order valence-electron chi connectivity index (χ1n) is 5.99. The Morgan fingerprint density at radius 1 is 1.29 bits per heavy atom. The molecule has 0 bridgehead atoms. The zero-order valence-electron chi connectivity index (χ0n) is 10.0. The quantitative estimate of drug-likeness (QED) is 0.863. The number of alkyl halides is 2. The van der Waals surface area contributed by atoms with E-state index in [9.17, 15) is 8.78 Å². The van der Waals surface area contributed by atoms with E-state index >= 15 is 0 Å². The summed E-state index contributed by atoms with van der Waals surface area (Å²) in [5, 5.41) is 0. The number of hydrogen-bond donors (Lipinski definition) is 1. The van der Waals surface area contributed by atoms with E-state index in [0.717, 1.165) is 11.3 Å². The van der Waals surface area contributed by atoms with Crippen molar-refractivity contribution < 1.29 is 8.78 Å². The number of pyridine rings is 1.